The molecule has 2 atom stereocenters. The third kappa shape index (κ3) is 1.98. The fraction of sp³-hybridized carbons (Fsp3) is 0.167. The number of hydrogen-bond donors (Lipinski definition) is 0. The largest absolute Gasteiger partial charge is 0.197 e. The highest BCUT2D eigenvalue weighted by Crippen LogP contribution is 2.74. The van der Waals surface area contributed by atoms with E-state index >= 15 is 0 Å². The van der Waals surface area contributed by atoms with Crippen molar-refractivity contribution in [2.45, 2.75) is 11.3 Å². The Kier molecular flexibility index (Phi) is 3.65. The highest BCUT2D eigenvalue weighted by atomic mass is 79.9. The summed E-state index contributed by atoms with van der Waals surface area (Å²) in [6.07, 6.45) is 0. The van der Waals surface area contributed by atoms with Crippen LogP contribution in [0.15, 0.2) is 53.0 Å². The average molecular weight is 383 g/mol. The van der Waals surface area contributed by atoms with Gasteiger partial charge in [-0.15, -0.1) is 0 Å². The van der Waals surface area contributed by atoms with Crippen molar-refractivity contribution in [2.24, 2.45) is 5.41 Å². The minimum absolute atomic E-state index is 0.506. The molecule has 1 saturated carbocycles. The van der Waals surface area contributed by atoms with Crippen molar-refractivity contribution in [1.82, 2.24) is 0 Å². The molecule has 0 radical (unpaired) electrons. The third-order valence-corrected chi connectivity index (χ3v) is 5.16. The Bertz CT molecular complexity index is 888. The first-order chi connectivity index (χ1) is 11.1. The maximum absolute atomic E-state index is 9.88. The van der Waals surface area contributed by atoms with Crippen molar-refractivity contribution >= 4 is 27.5 Å². The topological polar surface area (TPSA) is 71.4 Å². The lowest BCUT2D eigenvalue weighted by atomic mass is 9.88. The molecular weight excluding hydrogens is 374 g/mol. The van der Waals surface area contributed by atoms with Gasteiger partial charge in [0.2, 0.25) is 0 Å². The van der Waals surface area contributed by atoms with Crippen LogP contribution in [-0.4, -0.2) is 0 Å². The Morgan fingerprint density at radius 1 is 0.957 bits per heavy atom. The number of halogens is 2. The van der Waals surface area contributed by atoms with Crippen LogP contribution in [0.5, 0.6) is 0 Å². The number of benzene rings is 2. The van der Waals surface area contributed by atoms with Crippen LogP contribution in [0.2, 0.25) is 5.02 Å². The Balaban J connectivity index is 2.23. The van der Waals surface area contributed by atoms with Crippen LogP contribution in [0.25, 0.3) is 0 Å². The van der Waals surface area contributed by atoms with Gasteiger partial charge in [0.15, 0.2) is 5.41 Å². The Morgan fingerprint density at radius 3 is 2.13 bits per heavy atom. The molecule has 0 N–H and O–H groups in total. The summed E-state index contributed by atoms with van der Waals surface area (Å²) in [6.45, 7) is 0. The quantitative estimate of drug-likeness (QED) is 0.756. The summed E-state index contributed by atoms with van der Waals surface area (Å²) in [7, 11) is 0. The van der Waals surface area contributed by atoms with Crippen LogP contribution in [-0.2, 0) is 5.41 Å². The normalized spacial score (nSPS) is 24.0. The van der Waals surface area contributed by atoms with E-state index in [1.807, 2.05) is 24.3 Å². The zero-order valence-corrected chi connectivity index (χ0v) is 14.1. The lowest BCUT2D eigenvalue weighted by Gasteiger charge is -2.10. The molecule has 1 fully saturated rings. The van der Waals surface area contributed by atoms with E-state index in [-0.39, 0.29) is 0 Å². The molecule has 0 bridgehead atoms. The molecule has 0 aromatic heterocycles. The molecule has 2 aromatic rings. The lowest BCUT2D eigenvalue weighted by molar-refractivity contribution is 0.742. The van der Waals surface area contributed by atoms with E-state index in [0.29, 0.717) is 10.6 Å². The van der Waals surface area contributed by atoms with Gasteiger partial charge in [0.25, 0.3) is 0 Å². The summed E-state index contributed by atoms with van der Waals surface area (Å²) in [5.41, 5.74) is -1.17. The van der Waals surface area contributed by atoms with E-state index in [0.717, 1.165) is 10.0 Å². The van der Waals surface area contributed by atoms with Gasteiger partial charge in [0, 0.05) is 15.4 Å². The second kappa shape index (κ2) is 5.39. The van der Waals surface area contributed by atoms with Gasteiger partial charge in [0.1, 0.15) is 5.41 Å². The summed E-state index contributed by atoms with van der Waals surface area (Å²) in [5, 5.41) is 29.8. The average Bonchev–Trinajstić information content (AvgIpc) is 3.19. The van der Waals surface area contributed by atoms with Gasteiger partial charge in [-0.2, -0.15) is 15.8 Å². The van der Waals surface area contributed by atoms with Crippen molar-refractivity contribution in [1.29, 1.82) is 15.8 Å². The first-order valence-electron chi connectivity index (χ1n) is 6.81. The second-order valence-electron chi connectivity index (χ2n) is 5.45. The van der Waals surface area contributed by atoms with Gasteiger partial charge in [-0.05, 0) is 35.4 Å². The zero-order valence-electron chi connectivity index (χ0n) is 11.8. The third-order valence-electron chi connectivity index (χ3n) is 4.42. The number of nitriles is 3. The molecule has 0 amide bonds. The predicted molar refractivity (Wildman–Crippen MR) is 89.3 cm³/mol. The molecule has 0 heterocycles. The molecule has 1 aliphatic carbocycles. The monoisotopic (exact) mass is 381 g/mol. The van der Waals surface area contributed by atoms with Gasteiger partial charge in [-0.1, -0.05) is 51.8 Å². The molecule has 5 heteroatoms. The maximum Gasteiger partial charge on any atom is 0.175 e. The van der Waals surface area contributed by atoms with E-state index < -0.39 is 16.7 Å². The first kappa shape index (κ1) is 15.6. The van der Waals surface area contributed by atoms with Gasteiger partial charge >= 0.3 is 0 Å². The van der Waals surface area contributed by atoms with E-state index in [9.17, 15) is 15.8 Å². The summed E-state index contributed by atoms with van der Waals surface area (Å²) in [6, 6.07) is 20.6. The molecule has 1 aliphatic rings. The van der Waals surface area contributed by atoms with Crippen LogP contribution in [0.1, 0.15) is 17.0 Å². The molecule has 0 aliphatic heterocycles. The molecule has 2 aromatic carbocycles. The van der Waals surface area contributed by atoms with E-state index in [4.69, 9.17) is 11.6 Å². The van der Waals surface area contributed by atoms with Crippen LogP contribution in [0.3, 0.4) is 0 Å². The molecule has 110 valence electrons. The predicted octanol–water partition coefficient (Wildman–Crippen LogP) is 4.69. The summed E-state index contributed by atoms with van der Waals surface area (Å²) >= 11 is 9.32. The second-order valence-corrected chi connectivity index (χ2v) is 6.80. The minimum Gasteiger partial charge on any atom is -0.197 e. The number of rotatable bonds is 2. The molecule has 23 heavy (non-hydrogen) atoms. The van der Waals surface area contributed by atoms with Crippen molar-refractivity contribution in [2.75, 3.05) is 0 Å². The highest BCUT2D eigenvalue weighted by Gasteiger charge is 2.81. The molecule has 3 nitrogen and oxygen atoms in total. The minimum atomic E-state index is -1.41. The summed E-state index contributed by atoms with van der Waals surface area (Å²) in [5.74, 6) is -0.506. The van der Waals surface area contributed by atoms with Crippen molar-refractivity contribution in [3.8, 4) is 18.2 Å². The van der Waals surface area contributed by atoms with Crippen molar-refractivity contribution in [3.05, 3.63) is 69.2 Å². The van der Waals surface area contributed by atoms with E-state index in [2.05, 4.69) is 34.1 Å². The van der Waals surface area contributed by atoms with Gasteiger partial charge in [0.05, 0.1) is 18.2 Å². The standard InChI is InChI=1S/C18H9BrClN3/c19-14-3-1-2-12(8-14)16-17(9-21,10-22)18(16,11-23)13-4-6-15(20)7-5-13/h1-8,16H/t16-,18+/m0/s1. The molecule has 0 saturated heterocycles. The number of nitrogens with zero attached hydrogens (tertiary/aromatic N) is 3. The molecule has 3 rings (SSSR count). The van der Waals surface area contributed by atoms with Gasteiger partial charge in [-0.3, -0.25) is 0 Å². The number of hydrogen-bond acceptors (Lipinski definition) is 3. The van der Waals surface area contributed by atoms with Crippen LogP contribution < -0.4 is 0 Å². The smallest absolute Gasteiger partial charge is 0.175 e. The van der Waals surface area contributed by atoms with Crippen molar-refractivity contribution in [3.63, 3.8) is 0 Å². The molecule has 0 unspecified atom stereocenters. The van der Waals surface area contributed by atoms with Crippen LogP contribution in [0.4, 0.5) is 0 Å². The van der Waals surface area contributed by atoms with E-state index in [1.165, 1.54) is 0 Å². The fourth-order valence-corrected chi connectivity index (χ4v) is 3.86. The van der Waals surface area contributed by atoms with Crippen molar-refractivity contribution < 1.29 is 0 Å². The lowest BCUT2D eigenvalue weighted by Crippen LogP contribution is -2.14. The summed E-state index contributed by atoms with van der Waals surface area (Å²) < 4.78 is 0.842. The molecule has 0 spiro atoms. The van der Waals surface area contributed by atoms with E-state index in [1.54, 1.807) is 24.3 Å². The van der Waals surface area contributed by atoms with Crippen LogP contribution in [0, 0.1) is 39.4 Å². The van der Waals surface area contributed by atoms with Crippen LogP contribution >= 0.6 is 27.5 Å². The maximum atomic E-state index is 9.88. The van der Waals surface area contributed by atoms with Gasteiger partial charge < -0.3 is 0 Å². The summed E-state index contributed by atoms with van der Waals surface area (Å²) in [4.78, 5) is 0. The highest BCUT2D eigenvalue weighted by molar-refractivity contribution is 9.10. The Labute approximate surface area is 147 Å². The SMILES string of the molecule is N#CC1(C#N)[C@H](c2cccc(Br)c2)[C@@]1(C#N)c1ccc(Cl)cc1. The zero-order chi connectivity index (χ0) is 16.7. The first-order valence-corrected chi connectivity index (χ1v) is 7.98. The molecular formula is C18H9BrClN3. The Morgan fingerprint density at radius 2 is 1.61 bits per heavy atom. The van der Waals surface area contributed by atoms with Gasteiger partial charge in [-0.25, -0.2) is 0 Å². The Hall–Kier alpha value is -2.32. The fourth-order valence-electron chi connectivity index (χ4n) is 3.32.